The number of phenols is 1. The highest BCUT2D eigenvalue weighted by molar-refractivity contribution is 5.99. The third-order valence-corrected chi connectivity index (χ3v) is 16.4. The Balaban J connectivity index is 0.970. The number of allylic oxidation sites excluding steroid dienone is 7. The molecule has 2 atom stereocenters. The maximum absolute atomic E-state index is 10.5. The van der Waals surface area contributed by atoms with E-state index in [1.165, 1.54) is 89.0 Å². The molecule has 4 nitrogen and oxygen atoms in total. The molecule has 4 aliphatic rings. The normalized spacial score (nSPS) is 17.0. The Labute approximate surface area is 439 Å². The number of nitrogens with zero attached hydrogens (tertiary/aromatic N) is 3. The molecule has 75 heavy (non-hydrogen) atoms. The minimum Gasteiger partial charge on any atom is -0.508 e. The van der Waals surface area contributed by atoms with E-state index in [1.54, 1.807) is 12.1 Å². The molecule has 9 aromatic carbocycles. The zero-order valence-electron chi connectivity index (χ0n) is 42.1. The van der Waals surface area contributed by atoms with Gasteiger partial charge in [0.05, 0.1) is 22.7 Å². The Morgan fingerprint density at radius 3 is 2.07 bits per heavy atom. The molecule has 360 valence electrons. The summed E-state index contributed by atoms with van der Waals surface area (Å²) in [5, 5.41) is 14.0. The fraction of sp³-hybridized carbons (Fsp3) is 0.0986. The lowest BCUT2D eigenvalue weighted by Crippen LogP contribution is -2.30. The van der Waals surface area contributed by atoms with Crippen molar-refractivity contribution in [1.82, 2.24) is 4.57 Å². The molecule has 1 aliphatic heterocycles. The number of fused-ring (bicyclic) bond motifs is 8. The summed E-state index contributed by atoms with van der Waals surface area (Å²) in [4.78, 5) is 4.90. The van der Waals surface area contributed by atoms with Crippen molar-refractivity contribution in [2.24, 2.45) is 0 Å². The lowest BCUT2D eigenvalue weighted by molar-refractivity contribution is 0.475. The monoisotopic (exact) mass is 965 g/mol. The summed E-state index contributed by atoms with van der Waals surface area (Å²) in [5.41, 5.74) is 21.4. The zero-order valence-corrected chi connectivity index (χ0v) is 42.1. The topological polar surface area (TPSA) is 31.6 Å². The number of benzene rings is 9. The molecule has 0 bridgehead atoms. The summed E-state index contributed by atoms with van der Waals surface area (Å²) in [6.07, 6.45) is 20.5. The summed E-state index contributed by atoms with van der Waals surface area (Å²) in [7, 11) is 0. The van der Waals surface area contributed by atoms with Crippen LogP contribution in [0.3, 0.4) is 0 Å². The highest BCUT2D eigenvalue weighted by atomic mass is 16.3. The molecule has 0 fully saturated rings. The number of rotatable bonds is 9. The van der Waals surface area contributed by atoms with Crippen molar-refractivity contribution in [2.75, 3.05) is 9.80 Å². The number of hydrogen-bond acceptors (Lipinski definition) is 3. The van der Waals surface area contributed by atoms with Crippen LogP contribution >= 0.6 is 0 Å². The average Bonchev–Trinajstić information content (AvgIpc) is 4.07. The standard InChI is InChI=1S/C71H55N3O/c1-3-18-66-47(2)58-23-8-13-31-67(58)73(66)55-44-50(45-56(46-55)74-69-32-14-9-27-62(69)63-28-10-15-33-70(63)74)49-21-16-22-52(43-49)71(64-29-11-6-25-60(64)61-26-7-12-30-65(61)71)51-35-37-53(38-36-51)72(54-39-41-57(75)42-40-54)68-34-17-20-48-19-4-5-24-59(48)68/h3-15,17-21,23-46,62,69,75H,16,22H2,1-2H3/b18-3-. The maximum Gasteiger partial charge on any atom is 0.115 e. The van der Waals surface area contributed by atoms with E-state index in [9.17, 15) is 5.11 Å². The number of aromatic nitrogens is 1. The number of aromatic hydroxyl groups is 1. The van der Waals surface area contributed by atoms with Crippen LogP contribution in [0, 0.1) is 6.92 Å². The SMILES string of the molecule is C/C=C\c1c(C)c2ccccc2n1-c1cc(C2=CCCC(C3(c4ccc(N(c5ccc(O)cc5)c5cccc6ccccc56)cc4)c4ccccc4-c4ccccc43)=C2)cc(N2c3ccccc3C3C=CC=CC32)c1. The Morgan fingerprint density at radius 1 is 0.627 bits per heavy atom. The van der Waals surface area contributed by atoms with Crippen LogP contribution in [0.2, 0.25) is 0 Å². The van der Waals surface area contributed by atoms with E-state index >= 15 is 0 Å². The number of phenolic OH excluding ortho intramolecular Hbond substituents is 1. The minimum absolute atomic E-state index is 0.156. The van der Waals surface area contributed by atoms with Gasteiger partial charge in [-0.05, 0) is 167 Å². The van der Waals surface area contributed by atoms with E-state index in [1.807, 2.05) is 12.1 Å². The molecule has 1 aromatic heterocycles. The molecule has 1 N–H and O–H groups in total. The average molecular weight is 966 g/mol. The molecule has 0 amide bonds. The first-order valence-corrected chi connectivity index (χ1v) is 26.4. The summed E-state index contributed by atoms with van der Waals surface area (Å²) in [6, 6.07) is 75.5. The summed E-state index contributed by atoms with van der Waals surface area (Å²) < 4.78 is 2.48. The van der Waals surface area contributed by atoms with Crippen LogP contribution in [-0.4, -0.2) is 15.7 Å². The second-order valence-corrected chi connectivity index (χ2v) is 20.4. The van der Waals surface area contributed by atoms with Crippen LogP contribution in [0.1, 0.15) is 64.8 Å². The highest BCUT2D eigenvalue weighted by Gasteiger charge is 2.47. The van der Waals surface area contributed by atoms with Gasteiger partial charge in [-0.3, -0.25) is 0 Å². The van der Waals surface area contributed by atoms with Crippen LogP contribution < -0.4 is 9.80 Å². The van der Waals surface area contributed by atoms with E-state index in [2.05, 4.69) is 259 Å². The van der Waals surface area contributed by atoms with Crippen molar-refractivity contribution in [1.29, 1.82) is 0 Å². The van der Waals surface area contributed by atoms with Crippen LogP contribution in [0.5, 0.6) is 5.75 Å². The van der Waals surface area contributed by atoms with Crippen molar-refractivity contribution < 1.29 is 5.11 Å². The Morgan fingerprint density at radius 2 is 1.28 bits per heavy atom. The summed E-state index contributed by atoms with van der Waals surface area (Å²) in [5.74, 6) is 0.506. The van der Waals surface area contributed by atoms with Crippen LogP contribution in [0.15, 0.2) is 254 Å². The van der Waals surface area contributed by atoms with E-state index in [0.29, 0.717) is 0 Å². The second-order valence-electron chi connectivity index (χ2n) is 20.4. The summed E-state index contributed by atoms with van der Waals surface area (Å²) in [6.45, 7) is 4.38. The molecule has 14 rings (SSSR count). The van der Waals surface area contributed by atoms with Crippen molar-refractivity contribution in [3.8, 4) is 22.6 Å². The maximum atomic E-state index is 10.5. The molecule has 0 radical (unpaired) electrons. The van der Waals surface area contributed by atoms with Gasteiger partial charge in [-0.15, -0.1) is 0 Å². The molecule has 0 saturated carbocycles. The van der Waals surface area contributed by atoms with Gasteiger partial charge in [0.1, 0.15) is 5.75 Å². The van der Waals surface area contributed by atoms with Crippen molar-refractivity contribution >= 4 is 61.8 Å². The third kappa shape index (κ3) is 6.97. The molecule has 0 saturated heterocycles. The number of para-hydroxylation sites is 2. The van der Waals surface area contributed by atoms with Crippen molar-refractivity contribution in [3.05, 3.63) is 293 Å². The van der Waals surface area contributed by atoms with Gasteiger partial charge in [-0.25, -0.2) is 0 Å². The predicted molar refractivity (Wildman–Crippen MR) is 313 cm³/mol. The lowest BCUT2D eigenvalue weighted by atomic mass is 9.64. The van der Waals surface area contributed by atoms with Crippen molar-refractivity contribution in [2.45, 2.75) is 44.1 Å². The first-order valence-electron chi connectivity index (χ1n) is 26.4. The Bertz CT molecular complexity index is 4020. The molecular weight excluding hydrogens is 911 g/mol. The molecule has 4 heteroatoms. The molecule has 0 spiro atoms. The van der Waals surface area contributed by atoms with E-state index in [0.717, 1.165) is 41.0 Å². The molecule has 2 unspecified atom stereocenters. The smallest absolute Gasteiger partial charge is 0.115 e. The first-order chi connectivity index (χ1) is 37.0. The zero-order chi connectivity index (χ0) is 50.2. The van der Waals surface area contributed by atoms with E-state index in [-0.39, 0.29) is 17.7 Å². The minimum atomic E-state index is -0.568. The number of anilines is 5. The van der Waals surface area contributed by atoms with Gasteiger partial charge < -0.3 is 19.5 Å². The predicted octanol–water partition coefficient (Wildman–Crippen LogP) is 18.1. The molecule has 3 aliphatic carbocycles. The largest absolute Gasteiger partial charge is 0.508 e. The van der Waals surface area contributed by atoms with Crippen LogP contribution in [-0.2, 0) is 5.41 Å². The summed E-state index contributed by atoms with van der Waals surface area (Å²) >= 11 is 0. The highest BCUT2D eigenvalue weighted by Crippen LogP contribution is 2.59. The number of hydrogen-bond donors (Lipinski definition) is 1. The lowest BCUT2D eigenvalue weighted by Gasteiger charge is -2.38. The molecular formula is C71H55N3O. The Hall–Kier alpha value is -9.12. The van der Waals surface area contributed by atoms with Crippen LogP contribution in [0.25, 0.3) is 50.1 Å². The fourth-order valence-corrected chi connectivity index (χ4v) is 13.2. The Kier molecular flexibility index (Phi) is 10.6. The second kappa shape index (κ2) is 17.8. The number of aryl methyl sites for hydroxylation is 1. The first kappa shape index (κ1) is 44.6. The third-order valence-electron chi connectivity index (χ3n) is 16.4. The van der Waals surface area contributed by atoms with Gasteiger partial charge >= 0.3 is 0 Å². The van der Waals surface area contributed by atoms with Gasteiger partial charge in [0.2, 0.25) is 0 Å². The quantitative estimate of drug-likeness (QED) is 0.156. The van der Waals surface area contributed by atoms with Crippen LogP contribution in [0.4, 0.5) is 28.4 Å². The van der Waals surface area contributed by atoms with Crippen molar-refractivity contribution in [3.63, 3.8) is 0 Å². The van der Waals surface area contributed by atoms with Gasteiger partial charge in [0, 0.05) is 50.8 Å². The van der Waals surface area contributed by atoms with E-state index < -0.39 is 5.41 Å². The van der Waals surface area contributed by atoms with Gasteiger partial charge in [0.15, 0.2) is 0 Å². The molecule has 10 aromatic rings. The molecule has 2 heterocycles. The van der Waals surface area contributed by atoms with Gasteiger partial charge in [-0.2, -0.15) is 0 Å². The van der Waals surface area contributed by atoms with E-state index in [4.69, 9.17) is 0 Å². The van der Waals surface area contributed by atoms with Gasteiger partial charge in [-0.1, -0.05) is 176 Å². The van der Waals surface area contributed by atoms with Gasteiger partial charge in [0.25, 0.3) is 0 Å². The fourth-order valence-electron chi connectivity index (χ4n) is 13.2.